The van der Waals surface area contributed by atoms with E-state index >= 15 is 0 Å². The lowest BCUT2D eigenvalue weighted by molar-refractivity contribution is -0.139. The second-order valence-electron chi connectivity index (χ2n) is 5.50. The van der Waals surface area contributed by atoms with E-state index in [2.05, 4.69) is 10.2 Å². The molecule has 2 aliphatic rings. The van der Waals surface area contributed by atoms with E-state index in [0.29, 0.717) is 32.7 Å². The smallest absolute Gasteiger partial charge is 0.232 e. The number of carbonyl (C=O) groups excluding carboxylic acids is 3. The Labute approximate surface area is 130 Å². The number of morpholine rings is 1. The number of rotatable bonds is 6. The summed E-state index contributed by atoms with van der Waals surface area (Å²) >= 11 is 0. The molecular formula is C14H24N4O4. The average Bonchev–Trinajstić information content (AvgIpc) is 2.56. The summed E-state index contributed by atoms with van der Waals surface area (Å²) in [4.78, 5) is 39.9. The molecule has 0 saturated carbocycles. The predicted molar refractivity (Wildman–Crippen MR) is 79.1 cm³/mol. The topological polar surface area (TPSA) is 82.2 Å². The second kappa shape index (κ2) is 8.70. The molecule has 8 nitrogen and oxygen atoms in total. The van der Waals surface area contributed by atoms with Gasteiger partial charge in [0.1, 0.15) is 6.42 Å². The van der Waals surface area contributed by atoms with Gasteiger partial charge in [0, 0.05) is 52.4 Å². The van der Waals surface area contributed by atoms with Crippen molar-refractivity contribution in [2.75, 3.05) is 65.6 Å². The third kappa shape index (κ3) is 5.27. The normalized spacial score (nSPS) is 19.8. The minimum absolute atomic E-state index is 0.121. The molecule has 0 aliphatic carbocycles. The largest absolute Gasteiger partial charge is 0.379 e. The maximum atomic E-state index is 12.0. The molecule has 0 aromatic rings. The van der Waals surface area contributed by atoms with Crippen LogP contribution in [0.4, 0.5) is 0 Å². The molecule has 8 heteroatoms. The van der Waals surface area contributed by atoms with Crippen LogP contribution in [-0.2, 0) is 19.1 Å². The number of nitrogens with one attached hydrogen (secondary N) is 1. The molecule has 2 heterocycles. The van der Waals surface area contributed by atoms with Crippen LogP contribution in [0.1, 0.15) is 6.42 Å². The molecular weight excluding hydrogens is 288 g/mol. The van der Waals surface area contributed by atoms with Crippen molar-refractivity contribution in [2.45, 2.75) is 6.42 Å². The maximum Gasteiger partial charge on any atom is 0.232 e. The van der Waals surface area contributed by atoms with E-state index in [1.807, 2.05) is 0 Å². The second-order valence-corrected chi connectivity index (χ2v) is 5.50. The molecule has 0 bridgehead atoms. The van der Waals surface area contributed by atoms with Crippen LogP contribution in [0.5, 0.6) is 0 Å². The van der Waals surface area contributed by atoms with Gasteiger partial charge in [-0.05, 0) is 0 Å². The molecule has 0 unspecified atom stereocenters. The standard InChI is InChI=1S/C14H24N4O4/c19-12-17-3-5-18(6-4-17)14(21)11-13(20)15-1-2-16-7-9-22-10-8-16/h12H,1-11H2,(H,15,20). The average molecular weight is 312 g/mol. The Balaban J connectivity index is 1.59. The van der Waals surface area contributed by atoms with Crippen molar-refractivity contribution in [3.05, 3.63) is 0 Å². The minimum Gasteiger partial charge on any atom is -0.379 e. The lowest BCUT2D eigenvalue weighted by Gasteiger charge is -2.32. The summed E-state index contributed by atoms with van der Waals surface area (Å²) in [5.74, 6) is -0.412. The Morgan fingerprint density at radius 3 is 2.36 bits per heavy atom. The first-order valence-corrected chi connectivity index (χ1v) is 7.73. The van der Waals surface area contributed by atoms with Gasteiger partial charge in [0.2, 0.25) is 18.2 Å². The summed E-state index contributed by atoms with van der Waals surface area (Å²) in [7, 11) is 0. The first-order chi connectivity index (χ1) is 10.7. The highest BCUT2D eigenvalue weighted by Gasteiger charge is 2.22. The third-order valence-electron chi connectivity index (χ3n) is 3.98. The van der Waals surface area contributed by atoms with Gasteiger partial charge in [0.15, 0.2) is 0 Å². The molecule has 3 amide bonds. The van der Waals surface area contributed by atoms with Crippen molar-refractivity contribution in [3.8, 4) is 0 Å². The van der Waals surface area contributed by atoms with Gasteiger partial charge in [-0.3, -0.25) is 19.3 Å². The van der Waals surface area contributed by atoms with Crippen LogP contribution in [0.2, 0.25) is 0 Å². The summed E-state index contributed by atoms with van der Waals surface area (Å²) in [6.07, 6.45) is 0.671. The Morgan fingerprint density at radius 1 is 1.05 bits per heavy atom. The van der Waals surface area contributed by atoms with E-state index in [0.717, 1.165) is 39.3 Å². The van der Waals surface area contributed by atoms with Crippen LogP contribution < -0.4 is 5.32 Å². The molecule has 22 heavy (non-hydrogen) atoms. The molecule has 0 atom stereocenters. The van der Waals surface area contributed by atoms with Crippen LogP contribution >= 0.6 is 0 Å². The number of ether oxygens (including phenoxy) is 1. The van der Waals surface area contributed by atoms with E-state index in [1.54, 1.807) is 9.80 Å². The summed E-state index contributed by atoms with van der Waals surface area (Å²) in [5, 5.41) is 2.78. The van der Waals surface area contributed by atoms with E-state index in [-0.39, 0.29) is 18.2 Å². The summed E-state index contributed by atoms with van der Waals surface area (Å²) < 4.78 is 5.26. The van der Waals surface area contributed by atoms with Crippen molar-refractivity contribution in [1.29, 1.82) is 0 Å². The fourth-order valence-corrected chi connectivity index (χ4v) is 2.57. The molecule has 1 N–H and O–H groups in total. The van der Waals surface area contributed by atoms with Crippen LogP contribution in [0.3, 0.4) is 0 Å². The van der Waals surface area contributed by atoms with E-state index < -0.39 is 0 Å². The predicted octanol–water partition coefficient (Wildman–Crippen LogP) is -1.87. The molecule has 0 aromatic carbocycles. The first kappa shape index (κ1) is 16.7. The monoisotopic (exact) mass is 312 g/mol. The summed E-state index contributed by atoms with van der Waals surface area (Å²) in [5.41, 5.74) is 0. The minimum atomic E-state index is -0.240. The van der Waals surface area contributed by atoms with Crippen LogP contribution in [0.25, 0.3) is 0 Å². The van der Waals surface area contributed by atoms with Crippen molar-refractivity contribution in [3.63, 3.8) is 0 Å². The van der Waals surface area contributed by atoms with E-state index in [9.17, 15) is 14.4 Å². The van der Waals surface area contributed by atoms with Gasteiger partial charge in [0.05, 0.1) is 13.2 Å². The van der Waals surface area contributed by atoms with Gasteiger partial charge in [-0.2, -0.15) is 0 Å². The van der Waals surface area contributed by atoms with Crippen molar-refractivity contribution >= 4 is 18.2 Å². The summed E-state index contributed by atoms with van der Waals surface area (Å²) in [6, 6.07) is 0. The molecule has 2 rings (SSSR count). The van der Waals surface area contributed by atoms with Gasteiger partial charge in [-0.1, -0.05) is 0 Å². The highest BCUT2D eigenvalue weighted by Crippen LogP contribution is 2.02. The highest BCUT2D eigenvalue weighted by molar-refractivity contribution is 5.96. The molecule has 2 fully saturated rings. The molecule has 0 spiro atoms. The zero-order valence-electron chi connectivity index (χ0n) is 12.8. The molecule has 0 radical (unpaired) electrons. The Bertz CT molecular complexity index is 390. The fourth-order valence-electron chi connectivity index (χ4n) is 2.57. The van der Waals surface area contributed by atoms with Gasteiger partial charge in [-0.25, -0.2) is 0 Å². The number of nitrogens with zero attached hydrogens (tertiary/aromatic N) is 3. The van der Waals surface area contributed by atoms with Gasteiger partial charge in [0.25, 0.3) is 0 Å². The molecule has 124 valence electrons. The number of hydrogen-bond acceptors (Lipinski definition) is 5. The van der Waals surface area contributed by atoms with Crippen LogP contribution in [0, 0.1) is 0 Å². The van der Waals surface area contributed by atoms with Crippen molar-refractivity contribution in [1.82, 2.24) is 20.0 Å². The van der Waals surface area contributed by atoms with Crippen molar-refractivity contribution < 1.29 is 19.1 Å². The number of piperazine rings is 1. The Kier molecular flexibility index (Phi) is 6.60. The first-order valence-electron chi connectivity index (χ1n) is 7.73. The van der Waals surface area contributed by atoms with Gasteiger partial charge < -0.3 is 19.9 Å². The Morgan fingerprint density at radius 2 is 1.73 bits per heavy atom. The number of hydrogen-bond donors (Lipinski definition) is 1. The Hall–Kier alpha value is -1.67. The summed E-state index contributed by atoms with van der Waals surface area (Å²) in [6.45, 7) is 6.63. The number of carbonyl (C=O) groups is 3. The molecule has 0 aromatic heterocycles. The zero-order valence-corrected chi connectivity index (χ0v) is 12.8. The lowest BCUT2D eigenvalue weighted by Crippen LogP contribution is -2.49. The van der Waals surface area contributed by atoms with Crippen LogP contribution in [0.15, 0.2) is 0 Å². The van der Waals surface area contributed by atoms with Crippen LogP contribution in [-0.4, -0.2) is 98.5 Å². The van der Waals surface area contributed by atoms with E-state index in [4.69, 9.17) is 4.74 Å². The SMILES string of the molecule is O=CN1CCN(C(=O)CC(=O)NCCN2CCOCC2)CC1. The maximum absolute atomic E-state index is 12.0. The zero-order chi connectivity index (χ0) is 15.8. The quantitative estimate of drug-likeness (QED) is 0.459. The van der Waals surface area contributed by atoms with E-state index in [1.165, 1.54) is 0 Å². The van der Waals surface area contributed by atoms with Crippen molar-refractivity contribution in [2.24, 2.45) is 0 Å². The number of amides is 3. The lowest BCUT2D eigenvalue weighted by atomic mass is 10.2. The third-order valence-corrected chi connectivity index (χ3v) is 3.98. The van der Waals surface area contributed by atoms with Gasteiger partial charge >= 0.3 is 0 Å². The molecule has 2 saturated heterocycles. The molecule has 2 aliphatic heterocycles. The fraction of sp³-hybridized carbons (Fsp3) is 0.786. The highest BCUT2D eigenvalue weighted by atomic mass is 16.5. The van der Waals surface area contributed by atoms with Gasteiger partial charge in [-0.15, -0.1) is 0 Å².